The van der Waals surface area contributed by atoms with E-state index in [9.17, 15) is 9.00 Å². The lowest BCUT2D eigenvalue weighted by molar-refractivity contribution is -0.128. The smallest absolute Gasteiger partial charge is 0.238 e. The summed E-state index contributed by atoms with van der Waals surface area (Å²) in [5.74, 6) is 0.785. The Balaban J connectivity index is 2.01. The Hall–Kier alpha value is -0.720. The molecule has 2 rings (SSSR count). The number of rotatable bonds is 5. The van der Waals surface area contributed by atoms with Crippen molar-refractivity contribution in [1.29, 1.82) is 0 Å². The molecule has 1 amide bonds. The van der Waals surface area contributed by atoms with Gasteiger partial charge in [0.25, 0.3) is 0 Å². The monoisotopic (exact) mass is 286 g/mol. The van der Waals surface area contributed by atoms with Gasteiger partial charge in [0, 0.05) is 39.1 Å². The van der Waals surface area contributed by atoms with Gasteiger partial charge in [0.2, 0.25) is 5.91 Å². The Morgan fingerprint density at radius 2 is 2.33 bits per heavy atom. The highest BCUT2D eigenvalue weighted by Gasteiger charge is 2.31. The quantitative estimate of drug-likeness (QED) is 0.886. The average molecular weight is 286 g/mol. The predicted molar refractivity (Wildman–Crippen MR) is 75.1 cm³/mol. The van der Waals surface area contributed by atoms with Crippen molar-refractivity contribution in [2.24, 2.45) is 0 Å². The third-order valence-corrected chi connectivity index (χ3v) is 4.86. The predicted octanol–water partition coefficient (Wildman–Crippen LogP) is 1.26. The summed E-state index contributed by atoms with van der Waals surface area (Å²) in [7, 11) is -0.784. The lowest BCUT2D eigenvalue weighted by Crippen LogP contribution is -2.31. The summed E-state index contributed by atoms with van der Waals surface area (Å²) in [6.07, 6.45) is 2.49. The molecule has 100 valence electrons. The maximum Gasteiger partial charge on any atom is 0.238 e. The van der Waals surface area contributed by atoms with Crippen LogP contribution in [0.25, 0.3) is 0 Å². The minimum Gasteiger partial charge on any atom is -0.321 e. The topological polar surface area (TPSA) is 49.4 Å². The molecule has 1 aliphatic rings. The molecule has 1 aliphatic heterocycles. The van der Waals surface area contributed by atoms with E-state index >= 15 is 0 Å². The van der Waals surface area contributed by atoms with E-state index in [4.69, 9.17) is 0 Å². The largest absolute Gasteiger partial charge is 0.321 e. The molecule has 1 aromatic rings. The molecule has 4 nitrogen and oxygen atoms in total. The highest BCUT2D eigenvalue weighted by Crippen LogP contribution is 2.28. The summed E-state index contributed by atoms with van der Waals surface area (Å²) >= 11 is 1.71. The lowest BCUT2D eigenvalue weighted by atomic mass is 10.3. The third-order valence-electron chi connectivity index (χ3n) is 2.94. The second kappa shape index (κ2) is 5.95. The Morgan fingerprint density at radius 1 is 1.56 bits per heavy atom. The van der Waals surface area contributed by atoms with Gasteiger partial charge in [-0.05, 0) is 25.5 Å². The van der Waals surface area contributed by atoms with E-state index in [-0.39, 0.29) is 12.1 Å². The molecule has 1 aromatic heterocycles. The average Bonchev–Trinajstić information content (AvgIpc) is 2.86. The number of nitrogens with one attached hydrogen (secondary N) is 1. The van der Waals surface area contributed by atoms with Crippen molar-refractivity contribution in [3.05, 3.63) is 21.9 Å². The van der Waals surface area contributed by atoms with Crippen LogP contribution in [0.5, 0.6) is 0 Å². The zero-order chi connectivity index (χ0) is 13.1. The van der Waals surface area contributed by atoms with Crippen LogP contribution < -0.4 is 5.32 Å². The number of carbonyl (C=O) groups is 1. The summed E-state index contributed by atoms with van der Waals surface area (Å²) in [6, 6.07) is 4.14. The molecule has 1 N–H and O–H groups in total. The van der Waals surface area contributed by atoms with Gasteiger partial charge >= 0.3 is 0 Å². The summed E-state index contributed by atoms with van der Waals surface area (Å²) in [5.41, 5.74) is 0. The van der Waals surface area contributed by atoms with E-state index in [2.05, 4.69) is 24.4 Å². The molecule has 1 fully saturated rings. The minimum atomic E-state index is -0.784. The van der Waals surface area contributed by atoms with Gasteiger partial charge in [0.05, 0.1) is 6.54 Å². The van der Waals surface area contributed by atoms with Gasteiger partial charge in [-0.25, -0.2) is 0 Å². The van der Waals surface area contributed by atoms with Crippen LogP contribution in [0, 0.1) is 6.92 Å². The highest BCUT2D eigenvalue weighted by atomic mass is 32.2. The summed E-state index contributed by atoms with van der Waals surface area (Å²) in [6.45, 7) is 3.14. The van der Waals surface area contributed by atoms with E-state index in [1.807, 2.05) is 4.90 Å². The van der Waals surface area contributed by atoms with Crippen LogP contribution in [0.3, 0.4) is 0 Å². The fourth-order valence-electron chi connectivity index (χ4n) is 2.09. The number of nitrogens with zero attached hydrogens (tertiary/aromatic N) is 1. The molecule has 18 heavy (non-hydrogen) atoms. The van der Waals surface area contributed by atoms with E-state index in [0.29, 0.717) is 18.8 Å². The molecule has 0 radical (unpaired) electrons. The van der Waals surface area contributed by atoms with E-state index < -0.39 is 10.8 Å². The van der Waals surface area contributed by atoms with E-state index in [1.165, 1.54) is 9.75 Å². The zero-order valence-electron chi connectivity index (χ0n) is 10.6. The molecular weight excluding hydrogens is 268 g/mol. The van der Waals surface area contributed by atoms with Crippen LogP contribution in [-0.2, 0) is 15.6 Å². The Labute approximate surface area is 114 Å². The number of amides is 1. The number of hydrogen-bond acceptors (Lipinski definition) is 4. The van der Waals surface area contributed by atoms with Crippen LogP contribution in [0.2, 0.25) is 0 Å². The lowest BCUT2D eigenvalue weighted by Gasteiger charge is -2.23. The van der Waals surface area contributed by atoms with Crippen molar-refractivity contribution in [3.8, 4) is 0 Å². The van der Waals surface area contributed by atoms with Gasteiger partial charge in [-0.2, -0.15) is 0 Å². The SMILES string of the molecule is Cc1ccc(C2NCC(=O)N2CCCS(C)=O)s1. The molecule has 2 unspecified atom stereocenters. The first-order valence-electron chi connectivity index (χ1n) is 5.97. The minimum absolute atomic E-state index is 0.00138. The van der Waals surface area contributed by atoms with Crippen molar-refractivity contribution in [2.45, 2.75) is 19.5 Å². The second-order valence-corrected chi connectivity index (χ2v) is 7.32. The Bertz CT molecular complexity index is 459. The Kier molecular flexibility index (Phi) is 4.53. The number of hydrogen-bond donors (Lipinski definition) is 1. The van der Waals surface area contributed by atoms with Gasteiger partial charge in [0.1, 0.15) is 6.17 Å². The van der Waals surface area contributed by atoms with Crippen LogP contribution in [-0.4, -0.2) is 40.1 Å². The summed E-state index contributed by atoms with van der Waals surface area (Å²) < 4.78 is 11.0. The Morgan fingerprint density at radius 3 is 2.94 bits per heavy atom. The summed E-state index contributed by atoms with van der Waals surface area (Å²) in [5, 5.41) is 3.24. The van der Waals surface area contributed by atoms with Crippen molar-refractivity contribution >= 4 is 28.0 Å². The molecule has 0 aliphatic carbocycles. The standard InChI is InChI=1S/C12H18N2O2S2/c1-9-4-5-10(17-9)12-13-8-11(15)14(12)6-3-7-18(2)16/h4-5,12-13H,3,6-8H2,1-2H3. The van der Waals surface area contributed by atoms with Gasteiger partial charge in [0.15, 0.2) is 0 Å². The number of thiophene rings is 1. The third kappa shape index (κ3) is 3.18. The van der Waals surface area contributed by atoms with Crippen LogP contribution >= 0.6 is 11.3 Å². The first-order chi connectivity index (χ1) is 8.58. The maximum atomic E-state index is 11.8. The van der Waals surface area contributed by atoms with Crippen LogP contribution in [0.1, 0.15) is 22.3 Å². The molecule has 0 saturated carbocycles. The first-order valence-corrected chi connectivity index (χ1v) is 8.51. The number of carbonyl (C=O) groups excluding carboxylic acids is 1. The van der Waals surface area contributed by atoms with Crippen molar-refractivity contribution in [3.63, 3.8) is 0 Å². The number of aryl methyl sites for hydroxylation is 1. The fraction of sp³-hybridized carbons (Fsp3) is 0.583. The van der Waals surface area contributed by atoms with Gasteiger partial charge in [-0.15, -0.1) is 11.3 Å². The van der Waals surface area contributed by atoms with Crippen molar-refractivity contribution in [1.82, 2.24) is 10.2 Å². The maximum absolute atomic E-state index is 11.8. The van der Waals surface area contributed by atoms with Gasteiger partial charge in [-0.1, -0.05) is 0 Å². The summed E-state index contributed by atoms with van der Waals surface area (Å²) in [4.78, 5) is 16.1. The second-order valence-electron chi connectivity index (χ2n) is 4.45. The first kappa shape index (κ1) is 13.7. The van der Waals surface area contributed by atoms with E-state index in [0.717, 1.165) is 6.42 Å². The normalized spacial score (nSPS) is 21.6. The molecule has 6 heteroatoms. The molecular formula is C12H18N2O2S2. The van der Waals surface area contributed by atoms with Gasteiger partial charge < -0.3 is 4.90 Å². The molecule has 0 spiro atoms. The zero-order valence-corrected chi connectivity index (χ0v) is 12.3. The highest BCUT2D eigenvalue weighted by molar-refractivity contribution is 7.84. The van der Waals surface area contributed by atoms with Crippen LogP contribution in [0.4, 0.5) is 0 Å². The van der Waals surface area contributed by atoms with Crippen molar-refractivity contribution < 1.29 is 9.00 Å². The fourth-order valence-corrected chi connectivity index (χ4v) is 3.59. The van der Waals surface area contributed by atoms with Crippen LogP contribution in [0.15, 0.2) is 12.1 Å². The molecule has 1 saturated heterocycles. The molecule has 2 atom stereocenters. The van der Waals surface area contributed by atoms with Gasteiger partial charge in [-0.3, -0.25) is 14.3 Å². The molecule has 0 aromatic carbocycles. The molecule has 2 heterocycles. The van der Waals surface area contributed by atoms with Crippen molar-refractivity contribution in [2.75, 3.05) is 25.1 Å². The van der Waals surface area contributed by atoms with E-state index in [1.54, 1.807) is 17.6 Å². The molecule has 0 bridgehead atoms.